The second kappa shape index (κ2) is 12.0. The number of rotatable bonds is 11. The number of nitrogen functional groups attached to an aromatic ring is 1. The van der Waals surface area contributed by atoms with Crippen LogP contribution in [0.2, 0.25) is 0 Å². The van der Waals surface area contributed by atoms with Gasteiger partial charge < -0.3 is 30.2 Å². The van der Waals surface area contributed by atoms with Gasteiger partial charge in [-0.1, -0.05) is 24.1 Å². The van der Waals surface area contributed by atoms with Gasteiger partial charge in [0, 0.05) is 7.05 Å². The average molecular weight is 592 g/mol. The largest absolute Gasteiger partial charge is 0.462 e. The van der Waals surface area contributed by atoms with Crippen LogP contribution in [0.4, 0.5) is 16.2 Å². The Balaban J connectivity index is 1.60. The summed E-state index contributed by atoms with van der Waals surface area (Å²) in [7, 11) is -2.75. The zero-order chi connectivity index (χ0) is 29.9. The molecule has 6 atom stereocenters. The molecule has 0 bridgehead atoms. The molecule has 0 aliphatic carbocycles. The van der Waals surface area contributed by atoms with Gasteiger partial charge in [0.15, 0.2) is 23.2 Å². The van der Waals surface area contributed by atoms with Gasteiger partial charge in [-0.25, -0.2) is 13.9 Å². The molecule has 5 N–H and O–H groups in total. The number of nitrogens with zero attached hydrogens (tertiary/aromatic N) is 4. The van der Waals surface area contributed by atoms with E-state index in [0.29, 0.717) is 0 Å². The molecular weight excluding hydrogens is 560 g/mol. The highest BCUT2D eigenvalue weighted by Gasteiger charge is 2.58. The van der Waals surface area contributed by atoms with E-state index in [1.165, 1.54) is 30.0 Å². The van der Waals surface area contributed by atoms with E-state index < -0.39 is 56.6 Å². The third kappa shape index (κ3) is 6.27. The van der Waals surface area contributed by atoms with Crippen molar-refractivity contribution in [1.82, 2.24) is 24.6 Å². The van der Waals surface area contributed by atoms with Crippen molar-refractivity contribution in [3.63, 3.8) is 0 Å². The molecule has 0 saturated carbocycles. The number of hydrogen-bond acceptors (Lipinski definition) is 12. The van der Waals surface area contributed by atoms with Crippen molar-refractivity contribution < 1.29 is 37.4 Å². The molecule has 3 aromatic rings. The van der Waals surface area contributed by atoms with E-state index >= 15 is 4.39 Å². The number of aromatic nitrogens is 4. The lowest BCUT2D eigenvalue weighted by Gasteiger charge is -2.25. The molecule has 14 nitrogen and oxygen atoms in total. The number of nitrogens with two attached hydrogens (primary N) is 1. The minimum atomic E-state index is -4.34. The van der Waals surface area contributed by atoms with Gasteiger partial charge in [-0.3, -0.25) is 13.9 Å². The van der Waals surface area contributed by atoms with Crippen molar-refractivity contribution >= 4 is 36.6 Å². The van der Waals surface area contributed by atoms with Crippen LogP contribution in [0.3, 0.4) is 0 Å². The van der Waals surface area contributed by atoms with Crippen molar-refractivity contribution in [2.75, 3.05) is 24.7 Å². The standard InChI is InChI=1S/C25H31FN7O7P/c1-6-25(26)19(34)17(39-23(25)33-13-29-18-20(28-5)30-24(27)31-21(18)33)12-37-41(36,40-16-10-8-7-9-11-16)32-15(4)22(35)38-14(2)3/h1,7-11,13-15,17,19,23,34H,12H2,2-5H3,(H,32,36)(H3,27,28,30,31)/t15-,17+,19?,23+,25+,41?/m0/s1. The van der Waals surface area contributed by atoms with E-state index in [-0.39, 0.29) is 28.7 Å². The highest BCUT2D eigenvalue weighted by atomic mass is 31.2. The molecule has 4 rings (SSSR count). The number of aliphatic hydroxyl groups is 1. The Kier molecular flexibility index (Phi) is 8.81. The van der Waals surface area contributed by atoms with Crippen molar-refractivity contribution in [3.8, 4) is 18.1 Å². The average Bonchev–Trinajstić information content (AvgIpc) is 3.45. The summed E-state index contributed by atoms with van der Waals surface area (Å²) in [4.78, 5) is 24.7. The molecule has 3 heterocycles. The summed E-state index contributed by atoms with van der Waals surface area (Å²) in [5.74, 6) is 1.57. The van der Waals surface area contributed by atoms with E-state index in [2.05, 4.69) is 25.4 Å². The number of benzene rings is 1. The first-order valence-corrected chi connectivity index (χ1v) is 14.1. The summed E-state index contributed by atoms with van der Waals surface area (Å²) in [5.41, 5.74) is 3.36. The van der Waals surface area contributed by atoms with Crippen LogP contribution in [0.5, 0.6) is 5.75 Å². The fraction of sp³-hybridized carbons (Fsp3) is 0.440. The number of terminal acetylenes is 1. The minimum absolute atomic E-state index is 0.0927. The number of halogens is 1. The van der Waals surface area contributed by atoms with Crippen molar-refractivity contribution in [2.45, 2.75) is 57.0 Å². The first-order chi connectivity index (χ1) is 19.4. The lowest BCUT2D eigenvalue weighted by Crippen LogP contribution is -2.42. The second-order valence-corrected chi connectivity index (χ2v) is 11.1. The van der Waals surface area contributed by atoms with Crippen LogP contribution in [0.15, 0.2) is 36.7 Å². The molecule has 0 amide bonds. The summed E-state index contributed by atoms with van der Waals surface area (Å²) in [5, 5.41) is 16.2. The molecular formula is C25H31FN7O7P. The lowest BCUT2D eigenvalue weighted by atomic mass is 9.97. The highest BCUT2D eigenvalue weighted by Crippen LogP contribution is 2.48. The minimum Gasteiger partial charge on any atom is -0.462 e. The van der Waals surface area contributed by atoms with Crippen LogP contribution < -0.4 is 20.7 Å². The van der Waals surface area contributed by atoms with Crippen LogP contribution >= 0.6 is 7.75 Å². The van der Waals surface area contributed by atoms with Crippen LogP contribution in [0, 0.1) is 12.3 Å². The summed E-state index contributed by atoms with van der Waals surface area (Å²) >= 11 is 0. The summed E-state index contributed by atoms with van der Waals surface area (Å²) < 4.78 is 53.2. The molecule has 1 aliphatic rings. The van der Waals surface area contributed by atoms with Crippen molar-refractivity contribution in [1.29, 1.82) is 0 Å². The topological polar surface area (TPSA) is 185 Å². The van der Waals surface area contributed by atoms with Crippen LogP contribution in [0.1, 0.15) is 27.0 Å². The van der Waals surface area contributed by atoms with E-state index in [1.807, 2.05) is 5.92 Å². The van der Waals surface area contributed by atoms with Gasteiger partial charge in [0.2, 0.25) is 11.6 Å². The van der Waals surface area contributed by atoms with Crippen molar-refractivity contribution in [2.24, 2.45) is 0 Å². The van der Waals surface area contributed by atoms with E-state index in [9.17, 15) is 14.5 Å². The maximum absolute atomic E-state index is 16.1. The van der Waals surface area contributed by atoms with Crippen LogP contribution in [0.25, 0.3) is 11.2 Å². The molecule has 41 heavy (non-hydrogen) atoms. The Hall–Kier alpha value is -3.80. The fourth-order valence-electron chi connectivity index (χ4n) is 4.10. The Morgan fingerprint density at radius 2 is 2.05 bits per heavy atom. The van der Waals surface area contributed by atoms with E-state index in [0.717, 1.165) is 0 Å². The van der Waals surface area contributed by atoms with Gasteiger partial charge in [-0.15, -0.1) is 6.42 Å². The molecule has 16 heteroatoms. The molecule has 1 fully saturated rings. The third-order valence-electron chi connectivity index (χ3n) is 6.03. The van der Waals surface area contributed by atoms with Gasteiger partial charge in [0.25, 0.3) is 0 Å². The third-order valence-corrected chi connectivity index (χ3v) is 7.67. The highest BCUT2D eigenvalue weighted by molar-refractivity contribution is 7.52. The quantitative estimate of drug-likeness (QED) is 0.145. The number of para-hydroxylation sites is 1. The summed E-state index contributed by atoms with van der Waals surface area (Å²) in [6.45, 7) is 4.08. The number of carbonyl (C=O) groups excluding carboxylic acids is 1. The number of alkyl halides is 1. The molecule has 1 aliphatic heterocycles. The summed E-state index contributed by atoms with van der Waals surface area (Å²) in [6.07, 6.45) is 1.32. The SMILES string of the molecule is C#C[C@@]1(F)C(O)[C@@H](COP(=O)(N[C@@H](C)C(=O)OC(C)C)Oc2ccccc2)O[C@H]1n1cnc2c(NC)nc(N)nc21. The monoisotopic (exact) mass is 591 g/mol. The first-order valence-electron chi connectivity index (χ1n) is 12.6. The Labute approximate surface area is 235 Å². The van der Waals surface area contributed by atoms with E-state index in [1.54, 1.807) is 39.1 Å². The molecule has 2 unspecified atom stereocenters. The summed E-state index contributed by atoms with van der Waals surface area (Å²) in [6, 6.07) is 6.92. The van der Waals surface area contributed by atoms with Crippen molar-refractivity contribution in [3.05, 3.63) is 36.7 Å². The maximum atomic E-state index is 16.1. The molecule has 220 valence electrons. The zero-order valence-corrected chi connectivity index (χ0v) is 23.6. The van der Waals surface area contributed by atoms with Crippen LogP contribution in [-0.4, -0.2) is 74.3 Å². The number of ether oxygens (including phenoxy) is 2. The number of nitrogens with one attached hydrogen (secondary N) is 2. The Morgan fingerprint density at radius 3 is 2.68 bits per heavy atom. The maximum Gasteiger partial charge on any atom is 0.459 e. The van der Waals surface area contributed by atoms with E-state index in [4.69, 9.17) is 30.7 Å². The number of carbonyl (C=O) groups is 1. The van der Waals surface area contributed by atoms with Crippen LogP contribution in [-0.2, 0) is 23.4 Å². The Morgan fingerprint density at radius 1 is 1.34 bits per heavy atom. The van der Waals surface area contributed by atoms with Gasteiger partial charge in [0.05, 0.1) is 19.0 Å². The smallest absolute Gasteiger partial charge is 0.459 e. The fourth-order valence-corrected chi connectivity index (χ4v) is 5.60. The number of aliphatic hydroxyl groups excluding tert-OH is 1. The molecule has 2 aromatic heterocycles. The predicted molar refractivity (Wildman–Crippen MR) is 146 cm³/mol. The molecule has 0 spiro atoms. The Bertz CT molecular complexity index is 1480. The predicted octanol–water partition coefficient (Wildman–Crippen LogP) is 2.18. The van der Waals surface area contributed by atoms with Gasteiger partial charge in [-0.2, -0.15) is 15.1 Å². The number of anilines is 2. The molecule has 0 radical (unpaired) electrons. The van der Waals surface area contributed by atoms with Gasteiger partial charge in [0.1, 0.15) is 24.0 Å². The number of imidazole rings is 1. The number of hydrogen-bond donors (Lipinski definition) is 4. The number of fused-ring (bicyclic) bond motifs is 1. The number of esters is 1. The normalized spacial score (nSPS) is 24.5. The molecule has 1 saturated heterocycles. The molecule has 1 aromatic carbocycles. The second-order valence-electron chi connectivity index (χ2n) is 9.42. The lowest BCUT2D eigenvalue weighted by molar-refractivity contribution is -0.149. The first kappa shape index (κ1) is 30.2. The van der Waals surface area contributed by atoms with Gasteiger partial charge in [-0.05, 0) is 32.9 Å². The zero-order valence-electron chi connectivity index (χ0n) is 22.7. The van der Waals surface area contributed by atoms with Gasteiger partial charge >= 0.3 is 13.7 Å².